The Labute approximate surface area is 107 Å². The van der Waals surface area contributed by atoms with Crippen molar-refractivity contribution < 1.29 is 4.74 Å². The average molecular weight is 242 g/mol. The third-order valence-corrected chi connectivity index (χ3v) is 3.80. The molecule has 1 aliphatic carbocycles. The van der Waals surface area contributed by atoms with Gasteiger partial charge < -0.3 is 10.1 Å². The zero-order valence-corrected chi connectivity index (χ0v) is 11.9. The van der Waals surface area contributed by atoms with E-state index in [0.717, 1.165) is 32.8 Å². The largest absolute Gasteiger partial charge is 0.380 e. The summed E-state index contributed by atoms with van der Waals surface area (Å²) in [7, 11) is 0. The average Bonchev–Trinajstić information content (AvgIpc) is 2.36. The van der Waals surface area contributed by atoms with Crippen LogP contribution in [-0.4, -0.2) is 49.8 Å². The van der Waals surface area contributed by atoms with E-state index in [2.05, 4.69) is 31.0 Å². The number of hydrogen-bond acceptors (Lipinski definition) is 3. The molecular weight excluding hydrogens is 212 g/mol. The molecule has 1 fully saturated rings. The minimum absolute atomic E-state index is 0.690. The standard InChI is InChI=1S/C14H30N2O/c1-4-15-13-9-7-8-10-14(13)16(5-2)11-12-17-6-3/h13-15H,4-12H2,1-3H3. The van der Waals surface area contributed by atoms with Crippen molar-refractivity contribution in [2.24, 2.45) is 0 Å². The van der Waals surface area contributed by atoms with Crippen LogP contribution < -0.4 is 5.32 Å². The molecule has 1 N–H and O–H groups in total. The van der Waals surface area contributed by atoms with E-state index in [4.69, 9.17) is 4.74 Å². The second kappa shape index (κ2) is 8.90. The van der Waals surface area contributed by atoms with Crippen molar-refractivity contribution in [3.8, 4) is 0 Å². The lowest BCUT2D eigenvalue weighted by Gasteiger charge is -2.40. The zero-order valence-electron chi connectivity index (χ0n) is 11.9. The van der Waals surface area contributed by atoms with Gasteiger partial charge in [-0.2, -0.15) is 0 Å². The van der Waals surface area contributed by atoms with Gasteiger partial charge in [-0.05, 0) is 32.9 Å². The van der Waals surface area contributed by atoms with E-state index in [1.165, 1.54) is 25.7 Å². The summed E-state index contributed by atoms with van der Waals surface area (Å²) in [6.07, 6.45) is 5.45. The zero-order chi connectivity index (χ0) is 12.5. The molecule has 0 aromatic heterocycles. The van der Waals surface area contributed by atoms with Gasteiger partial charge in [0.1, 0.15) is 0 Å². The van der Waals surface area contributed by atoms with E-state index in [9.17, 15) is 0 Å². The van der Waals surface area contributed by atoms with Crippen LogP contribution in [0.2, 0.25) is 0 Å². The van der Waals surface area contributed by atoms with Gasteiger partial charge in [-0.1, -0.05) is 26.7 Å². The van der Waals surface area contributed by atoms with E-state index in [0.29, 0.717) is 12.1 Å². The van der Waals surface area contributed by atoms with Crippen LogP contribution in [0.1, 0.15) is 46.5 Å². The van der Waals surface area contributed by atoms with Crippen LogP contribution in [0.3, 0.4) is 0 Å². The SMILES string of the molecule is CCNC1CCCCC1N(CC)CCOCC. The Hall–Kier alpha value is -0.120. The quantitative estimate of drug-likeness (QED) is 0.661. The molecule has 0 aromatic carbocycles. The highest BCUT2D eigenvalue weighted by molar-refractivity contribution is 4.87. The Morgan fingerprint density at radius 3 is 2.59 bits per heavy atom. The second-order valence-electron chi connectivity index (χ2n) is 4.84. The number of nitrogens with zero attached hydrogens (tertiary/aromatic N) is 1. The molecule has 0 saturated heterocycles. The fourth-order valence-corrected chi connectivity index (χ4v) is 2.93. The summed E-state index contributed by atoms with van der Waals surface area (Å²) in [5.74, 6) is 0. The molecule has 2 atom stereocenters. The van der Waals surface area contributed by atoms with E-state index < -0.39 is 0 Å². The maximum Gasteiger partial charge on any atom is 0.0593 e. The van der Waals surface area contributed by atoms with Gasteiger partial charge in [-0.3, -0.25) is 4.90 Å². The first kappa shape index (κ1) is 14.9. The topological polar surface area (TPSA) is 24.5 Å². The molecule has 0 spiro atoms. The number of ether oxygens (including phenoxy) is 1. The Bertz CT molecular complexity index is 185. The summed E-state index contributed by atoms with van der Waals surface area (Å²) in [4.78, 5) is 2.60. The lowest BCUT2D eigenvalue weighted by Crippen LogP contribution is -2.52. The van der Waals surface area contributed by atoms with Gasteiger partial charge in [-0.25, -0.2) is 0 Å². The molecule has 0 heterocycles. The summed E-state index contributed by atoms with van der Waals surface area (Å²) < 4.78 is 5.49. The Balaban J connectivity index is 2.44. The monoisotopic (exact) mass is 242 g/mol. The van der Waals surface area contributed by atoms with Crippen LogP contribution in [0, 0.1) is 0 Å². The third kappa shape index (κ3) is 4.94. The van der Waals surface area contributed by atoms with Gasteiger partial charge in [0.2, 0.25) is 0 Å². The van der Waals surface area contributed by atoms with Gasteiger partial charge >= 0.3 is 0 Å². The Morgan fingerprint density at radius 1 is 1.18 bits per heavy atom. The molecule has 1 rings (SSSR count). The minimum atomic E-state index is 0.690. The van der Waals surface area contributed by atoms with Gasteiger partial charge in [0.05, 0.1) is 6.61 Å². The molecule has 1 saturated carbocycles. The molecule has 2 unspecified atom stereocenters. The van der Waals surface area contributed by atoms with Crippen LogP contribution in [0.25, 0.3) is 0 Å². The van der Waals surface area contributed by atoms with Gasteiger partial charge in [0.15, 0.2) is 0 Å². The van der Waals surface area contributed by atoms with Crippen molar-refractivity contribution in [2.75, 3.05) is 32.8 Å². The molecule has 0 amide bonds. The Kier molecular flexibility index (Phi) is 7.82. The van der Waals surface area contributed by atoms with Crippen molar-refractivity contribution in [3.63, 3.8) is 0 Å². The van der Waals surface area contributed by atoms with Gasteiger partial charge in [0.25, 0.3) is 0 Å². The van der Waals surface area contributed by atoms with Crippen LogP contribution in [-0.2, 0) is 4.74 Å². The molecule has 1 aliphatic rings. The van der Waals surface area contributed by atoms with E-state index in [1.54, 1.807) is 0 Å². The first-order valence-electron chi connectivity index (χ1n) is 7.38. The fourth-order valence-electron chi connectivity index (χ4n) is 2.93. The minimum Gasteiger partial charge on any atom is -0.380 e. The molecule has 17 heavy (non-hydrogen) atoms. The molecule has 3 nitrogen and oxygen atoms in total. The normalized spacial score (nSPS) is 25.4. The molecule has 0 radical (unpaired) electrons. The van der Waals surface area contributed by atoms with Crippen LogP contribution in [0.15, 0.2) is 0 Å². The third-order valence-electron chi connectivity index (χ3n) is 3.80. The van der Waals surface area contributed by atoms with E-state index >= 15 is 0 Å². The summed E-state index contributed by atoms with van der Waals surface area (Å²) in [5.41, 5.74) is 0. The van der Waals surface area contributed by atoms with E-state index in [-0.39, 0.29) is 0 Å². The van der Waals surface area contributed by atoms with Crippen molar-refractivity contribution in [2.45, 2.75) is 58.5 Å². The highest BCUT2D eigenvalue weighted by Crippen LogP contribution is 2.23. The summed E-state index contributed by atoms with van der Waals surface area (Å²) in [5, 5.41) is 3.66. The predicted molar refractivity (Wildman–Crippen MR) is 73.5 cm³/mol. The highest BCUT2D eigenvalue weighted by Gasteiger charge is 2.28. The van der Waals surface area contributed by atoms with Crippen molar-refractivity contribution in [1.29, 1.82) is 0 Å². The number of hydrogen-bond donors (Lipinski definition) is 1. The van der Waals surface area contributed by atoms with Crippen LogP contribution >= 0.6 is 0 Å². The first-order valence-corrected chi connectivity index (χ1v) is 7.38. The second-order valence-corrected chi connectivity index (χ2v) is 4.84. The van der Waals surface area contributed by atoms with Gasteiger partial charge in [0, 0.05) is 25.2 Å². The molecule has 0 aliphatic heterocycles. The summed E-state index contributed by atoms with van der Waals surface area (Å²) in [6.45, 7) is 11.6. The molecule has 102 valence electrons. The molecular formula is C14H30N2O. The molecule has 0 aromatic rings. The number of likely N-dealkylation sites (N-methyl/N-ethyl adjacent to an activating group) is 2. The summed E-state index contributed by atoms with van der Waals surface area (Å²) >= 11 is 0. The fraction of sp³-hybridized carbons (Fsp3) is 1.00. The van der Waals surface area contributed by atoms with E-state index in [1.807, 2.05) is 0 Å². The lowest BCUT2D eigenvalue weighted by atomic mass is 9.89. The van der Waals surface area contributed by atoms with Crippen LogP contribution in [0.4, 0.5) is 0 Å². The Morgan fingerprint density at radius 2 is 1.94 bits per heavy atom. The first-order chi connectivity index (χ1) is 8.33. The van der Waals surface area contributed by atoms with Crippen molar-refractivity contribution in [1.82, 2.24) is 10.2 Å². The maximum absolute atomic E-state index is 5.49. The number of rotatable bonds is 8. The molecule has 0 bridgehead atoms. The van der Waals surface area contributed by atoms with Crippen molar-refractivity contribution >= 4 is 0 Å². The van der Waals surface area contributed by atoms with Crippen molar-refractivity contribution in [3.05, 3.63) is 0 Å². The predicted octanol–water partition coefficient (Wildman–Crippen LogP) is 2.27. The number of nitrogens with one attached hydrogen (secondary N) is 1. The maximum atomic E-state index is 5.49. The lowest BCUT2D eigenvalue weighted by molar-refractivity contribution is 0.0724. The molecule has 3 heteroatoms. The summed E-state index contributed by atoms with van der Waals surface area (Å²) in [6, 6.07) is 1.41. The van der Waals surface area contributed by atoms with Gasteiger partial charge in [-0.15, -0.1) is 0 Å². The smallest absolute Gasteiger partial charge is 0.0593 e. The highest BCUT2D eigenvalue weighted by atomic mass is 16.5. The van der Waals surface area contributed by atoms with Crippen LogP contribution in [0.5, 0.6) is 0 Å².